The summed E-state index contributed by atoms with van der Waals surface area (Å²) in [6, 6.07) is 22.9. The topological polar surface area (TPSA) is 58.2 Å². The molecule has 4 nitrogen and oxygen atoms in total. The SMILES string of the molecule is C=CCNC(=O)c1ccccc1NC(=O)c1ccc(CSc2ccc(C)cc2)cc1. The van der Waals surface area contributed by atoms with Gasteiger partial charge in [-0.2, -0.15) is 0 Å². The van der Waals surface area contributed by atoms with Crippen molar-refractivity contribution in [2.75, 3.05) is 11.9 Å². The fourth-order valence-corrected chi connectivity index (χ4v) is 3.65. The number of benzene rings is 3. The number of anilines is 1. The van der Waals surface area contributed by atoms with Crippen LogP contribution in [-0.2, 0) is 5.75 Å². The van der Waals surface area contributed by atoms with Gasteiger partial charge >= 0.3 is 0 Å². The Hall–Kier alpha value is -3.31. The molecule has 30 heavy (non-hydrogen) atoms. The van der Waals surface area contributed by atoms with E-state index in [1.54, 1.807) is 54.2 Å². The predicted molar refractivity (Wildman–Crippen MR) is 124 cm³/mol. The first-order chi connectivity index (χ1) is 14.6. The van der Waals surface area contributed by atoms with E-state index in [2.05, 4.69) is 48.4 Å². The van der Waals surface area contributed by atoms with Gasteiger partial charge in [-0.25, -0.2) is 0 Å². The van der Waals surface area contributed by atoms with Crippen molar-refractivity contribution in [3.05, 3.63) is 108 Å². The minimum atomic E-state index is -0.255. The largest absolute Gasteiger partial charge is 0.349 e. The standard InChI is InChI=1S/C25H24N2O2S/c1-3-16-26-25(29)22-6-4-5-7-23(22)27-24(28)20-12-10-19(11-13-20)17-30-21-14-8-18(2)9-15-21/h3-15H,1,16-17H2,2H3,(H,26,29)(H,27,28). The monoisotopic (exact) mass is 416 g/mol. The number of rotatable bonds is 8. The molecule has 0 fully saturated rings. The maximum atomic E-state index is 12.7. The zero-order chi connectivity index (χ0) is 21.3. The molecule has 0 unspecified atom stereocenters. The number of carbonyl (C=O) groups is 2. The summed E-state index contributed by atoms with van der Waals surface area (Å²) in [5.74, 6) is 0.322. The van der Waals surface area contributed by atoms with Crippen LogP contribution in [0, 0.1) is 6.92 Å². The Morgan fingerprint density at radius 2 is 1.63 bits per heavy atom. The summed E-state index contributed by atoms with van der Waals surface area (Å²) in [7, 11) is 0. The van der Waals surface area contributed by atoms with Crippen LogP contribution in [0.15, 0.2) is 90.3 Å². The van der Waals surface area contributed by atoms with E-state index in [4.69, 9.17) is 0 Å². The van der Waals surface area contributed by atoms with E-state index in [0.717, 1.165) is 11.3 Å². The Balaban J connectivity index is 1.63. The number of hydrogen-bond acceptors (Lipinski definition) is 3. The molecule has 0 saturated heterocycles. The molecule has 0 bridgehead atoms. The third-order valence-corrected chi connectivity index (χ3v) is 5.55. The number of thioether (sulfide) groups is 1. The molecule has 2 N–H and O–H groups in total. The van der Waals surface area contributed by atoms with Crippen molar-refractivity contribution in [1.29, 1.82) is 0 Å². The Bertz CT molecular complexity index is 1030. The van der Waals surface area contributed by atoms with Crippen LogP contribution < -0.4 is 10.6 Å². The lowest BCUT2D eigenvalue weighted by atomic mass is 10.1. The lowest BCUT2D eigenvalue weighted by Gasteiger charge is -2.11. The lowest BCUT2D eigenvalue weighted by Crippen LogP contribution is -2.25. The van der Waals surface area contributed by atoms with Crippen molar-refractivity contribution < 1.29 is 9.59 Å². The molecule has 0 aromatic heterocycles. The average Bonchev–Trinajstić information content (AvgIpc) is 2.77. The van der Waals surface area contributed by atoms with Gasteiger partial charge in [-0.05, 0) is 48.9 Å². The highest BCUT2D eigenvalue weighted by molar-refractivity contribution is 7.98. The van der Waals surface area contributed by atoms with Crippen LogP contribution in [0.4, 0.5) is 5.69 Å². The van der Waals surface area contributed by atoms with E-state index in [-0.39, 0.29) is 11.8 Å². The van der Waals surface area contributed by atoms with Gasteiger partial charge in [0.15, 0.2) is 0 Å². The van der Waals surface area contributed by atoms with Gasteiger partial charge in [0.05, 0.1) is 11.3 Å². The minimum Gasteiger partial charge on any atom is -0.349 e. The van der Waals surface area contributed by atoms with Gasteiger partial charge in [-0.1, -0.05) is 48.0 Å². The van der Waals surface area contributed by atoms with Gasteiger partial charge in [-0.3, -0.25) is 9.59 Å². The van der Waals surface area contributed by atoms with Gasteiger partial charge in [-0.15, -0.1) is 18.3 Å². The van der Waals surface area contributed by atoms with Crippen molar-refractivity contribution >= 4 is 29.3 Å². The zero-order valence-corrected chi connectivity index (χ0v) is 17.7. The molecule has 0 saturated carbocycles. The summed E-state index contributed by atoms with van der Waals surface area (Å²) in [6.45, 7) is 6.03. The number of hydrogen-bond donors (Lipinski definition) is 2. The summed E-state index contributed by atoms with van der Waals surface area (Å²) in [4.78, 5) is 26.2. The second-order valence-corrected chi connectivity index (χ2v) is 7.85. The van der Waals surface area contributed by atoms with Crippen LogP contribution in [-0.4, -0.2) is 18.4 Å². The van der Waals surface area contributed by atoms with Gasteiger partial charge < -0.3 is 10.6 Å². The van der Waals surface area contributed by atoms with E-state index in [9.17, 15) is 9.59 Å². The summed E-state index contributed by atoms with van der Waals surface area (Å²) in [5, 5.41) is 5.57. The highest BCUT2D eigenvalue weighted by atomic mass is 32.2. The maximum absolute atomic E-state index is 12.7. The summed E-state index contributed by atoms with van der Waals surface area (Å²) < 4.78 is 0. The Kier molecular flexibility index (Phi) is 7.46. The molecule has 0 aliphatic carbocycles. The van der Waals surface area contributed by atoms with Crippen molar-refractivity contribution in [3.8, 4) is 0 Å². The number of para-hydroxylation sites is 1. The van der Waals surface area contributed by atoms with E-state index < -0.39 is 0 Å². The van der Waals surface area contributed by atoms with Gasteiger partial charge in [0, 0.05) is 22.8 Å². The second-order valence-electron chi connectivity index (χ2n) is 6.80. The molecule has 0 aliphatic heterocycles. The second kappa shape index (κ2) is 10.5. The van der Waals surface area contributed by atoms with E-state index in [1.165, 1.54) is 10.5 Å². The minimum absolute atomic E-state index is 0.253. The Morgan fingerprint density at radius 3 is 2.33 bits per heavy atom. The predicted octanol–water partition coefficient (Wildman–Crippen LogP) is 5.46. The van der Waals surface area contributed by atoms with Crippen molar-refractivity contribution in [2.24, 2.45) is 0 Å². The van der Waals surface area contributed by atoms with E-state index in [0.29, 0.717) is 23.4 Å². The fourth-order valence-electron chi connectivity index (χ4n) is 2.80. The molecule has 152 valence electrons. The third kappa shape index (κ3) is 5.84. The first-order valence-corrected chi connectivity index (χ1v) is 10.6. The smallest absolute Gasteiger partial charge is 0.255 e. The van der Waals surface area contributed by atoms with Crippen LogP contribution in [0.1, 0.15) is 31.8 Å². The van der Waals surface area contributed by atoms with Crippen LogP contribution in [0.2, 0.25) is 0 Å². The highest BCUT2D eigenvalue weighted by Crippen LogP contribution is 2.23. The molecular weight excluding hydrogens is 392 g/mol. The first-order valence-electron chi connectivity index (χ1n) is 9.64. The molecule has 3 aromatic carbocycles. The summed E-state index contributed by atoms with van der Waals surface area (Å²) >= 11 is 1.76. The molecule has 5 heteroatoms. The number of nitrogens with one attached hydrogen (secondary N) is 2. The molecule has 0 heterocycles. The zero-order valence-electron chi connectivity index (χ0n) is 16.9. The normalized spacial score (nSPS) is 10.3. The first kappa shape index (κ1) is 21.4. The van der Waals surface area contributed by atoms with Crippen molar-refractivity contribution in [1.82, 2.24) is 5.32 Å². The van der Waals surface area contributed by atoms with E-state index >= 15 is 0 Å². The van der Waals surface area contributed by atoms with Crippen LogP contribution >= 0.6 is 11.8 Å². The molecular formula is C25H24N2O2S. The van der Waals surface area contributed by atoms with Crippen LogP contribution in [0.25, 0.3) is 0 Å². The lowest BCUT2D eigenvalue weighted by molar-refractivity contribution is 0.0959. The average molecular weight is 417 g/mol. The van der Waals surface area contributed by atoms with Crippen molar-refractivity contribution in [3.63, 3.8) is 0 Å². The van der Waals surface area contributed by atoms with Gasteiger partial charge in [0.1, 0.15) is 0 Å². The molecule has 3 aromatic rings. The quantitative estimate of drug-likeness (QED) is 0.379. The van der Waals surface area contributed by atoms with Gasteiger partial charge in [0.25, 0.3) is 11.8 Å². The van der Waals surface area contributed by atoms with Crippen LogP contribution in [0.5, 0.6) is 0 Å². The molecule has 0 spiro atoms. The third-order valence-electron chi connectivity index (χ3n) is 4.47. The number of amides is 2. The summed E-state index contributed by atoms with van der Waals surface area (Å²) in [5.41, 5.74) is 3.82. The maximum Gasteiger partial charge on any atom is 0.255 e. The molecule has 0 aliphatic rings. The Morgan fingerprint density at radius 1 is 0.933 bits per heavy atom. The van der Waals surface area contributed by atoms with Gasteiger partial charge in [0.2, 0.25) is 0 Å². The Labute approximate surface area is 181 Å². The molecule has 3 rings (SSSR count). The fraction of sp³-hybridized carbons (Fsp3) is 0.120. The molecule has 0 atom stereocenters. The van der Waals surface area contributed by atoms with E-state index in [1.807, 2.05) is 12.1 Å². The molecule has 0 radical (unpaired) electrons. The molecule has 2 amide bonds. The van der Waals surface area contributed by atoms with Crippen molar-refractivity contribution in [2.45, 2.75) is 17.6 Å². The number of carbonyl (C=O) groups excluding carboxylic acids is 2. The summed E-state index contributed by atoms with van der Waals surface area (Å²) in [6.07, 6.45) is 1.61. The number of aryl methyl sites for hydroxylation is 1. The van der Waals surface area contributed by atoms with Crippen LogP contribution in [0.3, 0.4) is 0 Å². The highest BCUT2D eigenvalue weighted by Gasteiger charge is 2.13.